The Morgan fingerprint density at radius 3 is 2.43 bits per heavy atom. The molecule has 0 aliphatic rings. The van der Waals surface area contributed by atoms with Gasteiger partial charge in [-0.1, -0.05) is 18.2 Å². The average molecular weight is 403 g/mol. The summed E-state index contributed by atoms with van der Waals surface area (Å²) in [6.45, 7) is 5.76. The van der Waals surface area contributed by atoms with Crippen molar-refractivity contribution in [2.75, 3.05) is 23.9 Å². The summed E-state index contributed by atoms with van der Waals surface area (Å²) in [5, 5.41) is 3.31. The van der Waals surface area contributed by atoms with Gasteiger partial charge in [-0.15, -0.1) is 11.3 Å². The maximum absolute atomic E-state index is 12.3. The van der Waals surface area contributed by atoms with Gasteiger partial charge in [-0.25, -0.2) is 4.79 Å². The second-order valence-corrected chi connectivity index (χ2v) is 7.62. The van der Waals surface area contributed by atoms with E-state index in [2.05, 4.69) is 5.32 Å². The summed E-state index contributed by atoms with van der Waals surface area (Å²) in [6, 6.07) is 9.37. The van der Waals surface area contributed by atoms with Gasteiger partial charge in [0.15, 0.2) is 0 Å². The molecule has 0 radical (unpaired) electrons. The Kier molecular flexibility index (Phi) is 7.75. The Balaban J connectivity index is 1.90. The zero-order valence-corrected chi connectivity index (χ0v) is 17.5. The third kappa shape index (κ3) is 5.42. The molecule has 0 aliphatic carbocycles. The average Bonchev–Trinajstić information content (AvgIpc) is 2.95. The van der Waals surface area contributed by atoms with Crippen molar-refractivity contribution in [1.82, 2.24) is 0 Å². The third-order valence-electron chi connectivity index (χ3n) is 4.43. The molecule has 150 valence electrons. The van der Waals surface area contributed by atoms with Crippen molar-refractivity contribution < 1.29 is 19.1 Å². The monoisotopic (exact) mass is 402 g/mol. The van der Waals surface area contributed by atoms with Crippen molar-refractivity contribution in [3.8, 4) is 0 Å². The highest BCUT2D eigenvalue weighted by atomic mass is 32.1. The van der Waals surface area contributed by atoms with E-state index < -0.39 is 5.97 Å². The zero-order chi connectivity index (χ0) is 20.7. The smallest absolute Gasteiger partial charge is 0.341 e. The number of benzene rings is 1. The number of esters is 1. The molecule has 2 aromatic rings. The van der Waals surface area contributed by atoms with Gasteiger partial charge in [-0.3, -0.25) is 9.59 Å². The number of rotatable bonds is 8. The van der Waals surface area contributed by atoms with Crippen LogP contribution in [0.1, 0.15) is 47.0 Å². The second kappa shape index (κ2) is 10.0. The standard InChI is InChI=1S/C21H26N2O4S/c1-5-27-21(26)19-14(2)15(3)28-20(19)22-17(24)12-9-13-18(25)23(4)16-10-7-6-8-11-16/h6-8,10-11H,5,9,12-13H2,1-4H3,(H,22,24). The lowest BCUT2D eigenvalue weighted by Gasteiger charge is -2.17. The van der Waals surface area contributed by atoms with Crippen LogP contribution in [0.4, 0.5) is 10.7 Å². The minimum absolute atomic E-state index is 0.0472. The fourth-order valence-electron chi connectivity index (χ4n) is 2.72. The van der Waals surface area contributed by atoms with E-state index in [0.29, 0.717) is 17.0 Å². The van der Waals surface area contributed by atoms with Gasteiger partial charge in [0.2, 0.25) is 11.8 Å². The van der Waals surface area contributed by atoms with Crippen LogP contribution in [0.25, 0.3) is 0 Å². The number of aryl methyl sites for hydroxylation is 1. The molecule has 2 amide bonds. The lowest BCUT2D eigenvalue weighted by atomic mass is 10.1. The summed E-state index contributed by atoms with van der Waals surface area (Å²) in [6.07, 6.45) is 0.901. The van der Waals surface area contributed by atoms with E-state index in [1.165, 1.54) is 11.3 Å². The Hall–Kier alpha value is -2.67. The van der Waals surface area contributed by atoms with Gasteiger partial charge >= 0.3 is 5.97 Å². The lowest BCUT2D eigenvalue weighted by molar-refractivity contribution is -0.118. The van der Waals surface area contributed by atoms with Crippen LogP contribution in [0.3, 0.4) is 0 Å². The number of thiophene rings is 1. The van der Waals surface area contributed by atoms with E-state index in [4.69, 9.17) is 4.74 Å². The van der Waals surface area contributed by atoms with Crippen LogP contribution in [0, 0.1) is 13.8 Å². The maximum atomic E-state index is 12.3. The first-order valence-electron chi connectivity index (χ1n) is 9.23. The number of nitrogens with one attached hydrogen (secondary N) is 1. The van der Waals surface area contributed by atoms with Crippen LogP contribution in [-0.4, -0.2) is 31.4 Å². The van der Waals surface area contributed by atoms with Crippen LogP contribution < -0.4 is 10.2 Å². The fourth-order valence-corrected chi connectivity index (χ4v) is 3.78. The number of carbonyl (C=O) groups excluding carboxylic acids is 3. The molecule has 6 nitrogen and oxygen atoms in total. The molecule has 1 aromatic carbocycles. The number of anilines is 2. The molecule has 0 saturated heterocycles. The van der Waals surface area contributed by atoms with Crippen LogP contribution in [0.2, 0.25) is 0 Å². The van der Waals surface area contributed by atoms with E-state index in [0.717, 1.165) is 16.1 Å². The molecule has 0 bridgehead atoms. The Morgan fingerprint density at radius 2 is 1.79 bits per heavy atom. The van der Waals surface area contributed by atoms with Crippen molar-refractivity contribution in [1.29, 1.82) is 0 Å². The minimum Gasteiger partial charge on any atom is -0.462 e. The predicted octanol–water partition coefficient (Wildman–Crippen LogP) is 4.31. The van der Waals surface area contributed by atoms with Crippen LogP contribution in [0.15, 0.2) is 30.3 Å². The Labute approximate surface area is 169 Å². The van der Waals surface area contributed by atoms with E-state index in [1.807, 2.05) is 44.2 Å². The van der Waals surface area contributed by atoms with Gasteiger partial charge in [0.1, 0.15) is 5.00 Å². The molecule has 1 N–H and O–H groups in total. The molecule has 28 heavy (non-hydrogen) atoms. The SMILES string of the molecule is CCOC(=O)c1c(NC(=O)CCCC(=O)N(C)c2ccccc2)sc(C)c1C. The van der Waals surface area contributed by atoms with Gasteiger partial charge < -0.3 is 15.0 Å². The van der Waals surface area contributed by atoms with Crippen LogP contribution in [-0.2, 0) is 14.3 Å². The molecule has 0 unspecified atom stereocenters. The summed E-state index contributed by atoms with van der Waals surface area (Å²) in [5.74, 6) is -0.699. The largest absolute Gasteiger partial charge is 0.462 e. The molecular formula is C21H26N2O4S. The van der Waals surface area contributed by atoms with E-state index in [-0.39, 0.29) is 31.3 Å². The van der Waals surface area contributed by atoms with Crippen LogP contribution >= 0.6 is 11.3 Å². The lowest BCUT2D eigenvalue weighted by Crippen LogP contribution is -2.26. The summed E-state index contributed by atoms with van der Waals surface area (Å²) in [7, 11) is 1.72. The molecule has 1 heterocycles. The molecule has 0 fully saturated rings. The number of nitrogens with zero attached hydrogens (tertiary/aromatic N) is 1. The maximum Gasteiger partial charge on any atom is 0.341 e. The summed E-state index contributed by atoms with van der Waals surface area (Å²) in [5.41, 5.74) is 2.05. The first-order valence-corrected chi connectivity index (χ1v) is 10.0. The quantitative estimate of drug-likeness (QED) is 0.668. The number of hydrogen-bond donors (Lipinski definition) is 1. The Bertz CT molecular complexity index is 846. The van der Waals surface area contributed by atoms with Gasteiger partial charge in [0.25, 0.3) is 0 Å². The number of hydrogen-bond acceptors (Lipinski definition) is 5. The normalized spacial score (nSPS) is 10.4. The number of para-hydroxylation sites is 1. The molecule has 0 atom stereocenters. The second-order valence-electron chi connectivity index (χ2n) is 6.40. The molecule has 0 aliphatic heterocycles. The molecule has 0 spiro atoms. The summed E-state index contributed by atoms with van der Waals surface area (Å²) < 4.78 is 5.09. The summed E-state index contributed by atoms with van der Waals surface area (Å²) in [4.78, 5) is 39.3. The van der Waals surface area contributed by atoms with Crippen molar-refractivity contribution >= 4 is 39.8 Å². The highest BCUT2D eigenvalue weighted by molar-refractivity contribution is 7.16. The molecule has 0 saturated carbocycles. The van der Waals surface area contributed by atoms with Gasteiger partial charge in [0.05, 0.1) is 12.2 Å². The highest BCUT2D eigenvalue weighted by Gasteiger charge is 2.22. The fraction of sp³-hybridized carbons (Fsp3) is 0.381. The molecule has 2 rings (SSSR count). The third-order valence-corrected chi connectivity index (χ3v) is 5.55. The zero-order valence-electron chi connectivity index (χ0n) is 16.7. The first kappa shape index (κ1) is 21.6. The minimum atomic E-state index is -0.431. The summed E-state index contributed by atoms with van der Waals surface area (Å²) >= 11 is 1.36. The van der Waals surface area contributed by atoms with E-state index in [9.17, 15) is 14.4 Å². The first-order chi connectivity index (χ1) is 13.3. The van der Waals surface area contributed by atoms with Crippen molar-refractivity contribution in [3.63, 3.8) is 0 Å². The topological polar surface area (TPSA) is 75.7 Å². The number of amides is 2. The van der Waals surface area contributed by atoms with Gasteiger partial charge in [-0.05, 0) is 44.9 Å². The van der Waals surface area contributed by atoms with Crippen molar-refractivity contribution in [2.45, 2.75) is 40.0 Å². The van der Waals surface area contributed by atoms with Gasteiger partial charge in [0, 0.05) is 30.5 Å². The predicted molar refractivity (Wildman–Crippen MR) is 112 cm³/mol. The number of ether oxygens (including phenoxy) is 1. The van der Waals surface area contributed by atoms with E-state index >= 15 is 0 Å². The number of carbonyl (C=O) groups is 3. The molecular weight excluding hydrogens is 376 g/mol. The van der Waals surface area contributed by atoms with Crippen molar-refractivity contribution in [2.24, 2.45) is 0 Å². The highest BCUT2D eigenvalue weighted by Crippen LogP contribution is 2.33. The molecule has 1 aromatic heterocycles. The van der Waals surface area contributed by atoms with Gasteiger partial charge in [-0.2, -0.15) is 0 Å². The Morgan fingerprint density at radius 1 is 1.11 bits per heavy atom. The van der Waals surface area contributed by atoms with Crippen molar-refractivity contribution in [3.05, 3.63) is 46.3 Å². The van der Waals surface area contributed by atoms with Crippen LogP contribution in [0.5, 0.6) is 0 Å². The molecule has 7 heteroatoms. The van der Waals surface area contributed by atoms with E-state index in [1.54, 1.807) is 18.9 Å².